The second kappa shape index (κ2) is 5.12. The van der Waals surface area contributed by atoms with Gasteiger partial charge in [0.1, 0.15) is 0 Å². The molecule has 2 aromatic rings. The Morgan fingerprint density at radius 3 is 2.39 bits per heavy atom. The van der Waals surface area contributed by atoms with Gasteiger partial charge < -0.3 is 5.73 Å². The molecule has 2 rings (SSSR count). The Morgan fingerprint density at radius 2 is 1.72 bits per heavy atom. The summed E-state index contributed by atoms with van der Waals surface area (Å²) in [7, 11) is 0. The smallest absolute Gasteiger partial charge is 0.194 e. The van der Waals surface area contributed by atoms with E-state index in [1.807, 2.05) is 0 Å². The summed E-state index contributed by atoms with van der Waals surface area (Å²) in [6.07, 6.45) is 0. The summed E-state index contributed by atoms with van der Waals surface area (Å²) >= 11 is 3.26. The van der Waals surface area contributed by atoms with Gasteiger partial charge in [-0.3, -0.25) is 0 Å². The molecule has 0 aliphatic rings. The summed E-state index contributed by atoms with van der Waals surface area (Å²) in [5.41, 5.74) is 6.38. The maximum atomic E-state index is 13.6. The Kier molecular flexibility index (Phi) is 3.73. The van der Waals surface area contributed by atoms with E-state index in [0.29, 0.717) is 5.56 Å². The van der Waals surface area contributed by atoms with Crippen molar-refractivity contribution >= 4 is 15.9 Å². The molecule has 94 valence electrons. The third-order valence-corrected chi connectivity index (χ3v) is 3.10. The van der Waals surface area contributed by atoms with E-state index in [9.17, 15) is 13.2 Å². The number of hydrogen-bond donors (Lipinski definition) is 1. The maximum Gasteiger partial charge on any atom is 0.194 e. The molecule has 2 aromatic carbocycles. The first-order valence-electron chi connectivity index (χ1n) is 5.15. The van der Waals surface area contributed by atoms with Crippen molar-refractivity contribution in [1.29, 1.82) is 0 Å². The van der Waals surface area contributed by atoms with Crippen LogP contribution in [0.2, 0.25) is 0 Å². The van der Waals surface area contributed by atoms with E-state index in [1.54, 1.807) is 24.3 Å². The Balaban J connectivity index is 2.46. The van der Waals surface area contributed by atoms with Gasteiger partial charge in [-0.15, -0.1) is 0 Å². The predicted molar refractivity (Wildman–Crippen MR) is 66.5 cm³/mol. The van der Waals surface area contributed by atoms with E-state index < -0.39 is 23.5 Å². The van der Waals surface area contributed by atoms with Gasteiger partial charge in [0.25, 0.3) is 0 Å². The zero-order chi connectivity index (χ0) is 13.3. The monoisotopic (exact) mass is 315 g/mol. The fraction of sp³-hybridized carbons (Fsp3) is 0.0769. The highest BCUT2D eigenvalue weighted by atomic mass is 79.9. The maximum absolute atomic E-state index is 13.6. The van der Waals surface area contributed by atoms with Gasteiger partial charge in [-0.25, -0.2) is 13.2 Å². The van der Waals surface area contributed by atoms with Gasteiger partial charge in [0, 0.05) is 10.0 Å². The Hall–Kier alpha value is -1.33. The van der Waals surface area contributed by atoms with Crippen LogP contribution in [-0.2, 0) is 0 Å². The van der Waals surface area contributed by atoms with Gasteiger partial charge in [0.15, 0.2) is 17.5 Å². The summed E-state index contributed by atoms with van der Waals surface area (Å²) in [6.45, 7) is 0. The van der Waals surface area contributed by atoms with E-state index in [0.717, 1.165) is 16.6 Å². The zero-order valence-corrected chi connectivity index (χ0v) is 10.7. The van der Waals surface area contributed by atoms with Crippen molar-refractivity contribution in [2.24, 2.45) is 5.73 Å². The van der Waals surface area contributed by atoms with Gasteiger partial charge in [-0.2, -0.15) is 0 Å². The largest absolute Gasteiger partial charge is 0.320 e. The highest BCUT2D eigenvalue weighted by Gasteiger charge is 2.19. The summed E-state index contributed by atoms with van der Waals surface area (Å²) in [6, 6.07) is 8.08. The van der Waals surface area contributed by atoms with Gasteiger partial charge in [0.05, 0.1) is 6.04 Å². The van der Waals surface area contributed by atoms with Crippen LogP contribution in [0.15, 0.2) is 40.9 Å². The number of hydrogen-bond acceptors (Lipinski definition) is 1. The fourth-order valence-electron chi connectivity index (χ4n) is 1.66. The molecule has 0 amide bonds. The summed E-state index contributed by atoms with van der Waals surface area (Å²) in [5.74, 6) is -3.97. The standard InChI is InChI=1S/C13H9BrF3N/c14-8-3-1-2-7(6-8)13(18)9-4-5-10(15)12(17)11(9)16/h1-6,13H,18H2. The lowest BCUT2D eigenvalue weighted by Crippen LogP contribution is -2.15. The van der Waals surface area contributed by atoms with Crippen LogP contribution < -0.4 is 5.73 Å². The van der Waals surface area contributed by atoms with E-state index in [4.69, 9.17) is 5.73 Å². The first kappa shape index (κ1) is 13.1. The fourth-order valence-corrected chi connectivity index (χ4v) is 2.08. The third-order valence-electron chi connectivity index (χ3n) is 2.61. The molecule has 0 aromatic heterocycles. The first-order valence-corrected chi connectivity index (χ1v) is 5.94. The van der Waals surface area contributed by atoms with Gasteiger partial charge in [-0.05, 0) is 23.8 Å². The van der Waals surface area contributed by atoms with Crippen molar-refractivity contribution in [2.75, 3.05) is 0 Å². The molecule has 2 N–H and O–H groups in total. The number of nitrogens with two attached hydrogens (primary N) is 1. The van der Waals surface area contributed by atoms with Crippen molar-refractivity contribution in [3.05, 3.63) is 69.4 Å². The van der Waals surface area contributed by atoms with Crippen molar-refractivity contribution in [3.63, 3.8) is 0 Å². The SMILES string of the molecule is NC(c1cccc(Br)c1)c1ccc(F)c(F)c1F. The molecular weight excluding hydrogens is 307 g/mol. The molecule has 0 spiro atoms. The molecular formula is C13H9BrF3N. The zero-order valence-electron chi connectivity index (χ0n) is 9.13. The average molecular weight is 316 g/mol. The second-order valence-electron chi connectivity index (χ2n) is 3.80. The van der Waals surface area contributed by atoms with Crippen molar-refractivity contribution in [1.82, 2.24) is 0 Å². The Morgan fingerprint density at radius 1 is 1.00 bits per heavy atom. The van der Waals surface area contributed by atoms with Crippen LogP contribution in [0.3, 0.4) is 0 Å². The van der Waals surface area contributed by atoms with Crippen molar-refractivity contribution in [3.8, 4) is 0 Å². The van der Waals surface area contributed by atoms with Crippen LogP contribution >= 0.6 is 15.9 Å². The molecule has 0 aliphatic heterocycles. The summed E-state index contributed by atoms with van der Waals surface area (Å²) in [5, 5.41) is 0. The normalized spacial score (nSPS) is 12.5. The lowest BCUT2D eigenvalue weighted by atomic mass is 9.99. The molecule has 1 unspecified atom stereocenters. The molecule has 1 nitrogen and oxygen atoms in total. The van der Waals surface area contributed by atoms with Crippen molar-refractivity contribution < 1.29 is 13.2 Å². The molecule has 0 radical (unpaired) electrons. The molecule has 0 fully saturated rings. The quantitative estimate of drug-likeness (QED) is 0.835. The average Bonchev–Trinajstić information content (AvgIpc) is 2.35. The van der Waals surface area contributed by atoms with Crippen molar-refractivity contribution in [2.45, 2.75) is 6.04 Å². The lowest BCUT2D eigenvalue weighted by Gasteiger charge is -2.14. The van der Waals surface area contributed by atoms with Gasteiger partial charge in [-0.1, -0.05) is 34.1 Å². The molecule has 0 aliphatic carbocycles. The number of halogens is 4. The van der Waals surface area contributed by atoms with Gasteiger partial charge in [0.2, 0.25) is 0 Å². The highest BCUT2D eigenvalue weighted by molar-refractivity contribution is 9.10. The van der Waals surface area contributed by atoms with E-state index in [1.165, 1.54) is 0 Å². The molecule has 0 heterocycles. The molecule has 0 saturated heterocycles. The lowest BCUT2D eigenvalue weighted by molar-refractivity contribution is 0.438. The van der Waals surface area contributed by atoms with Crippen LogP contribution in [0.5, 0.6) is 0 Å². The van der Waals surface area contributed by atoms with E-state index in [2.05, 4.69) is 15.9 Å². The second-order valence-corrected chi connectivity index (χ2v) is 4.71. The highest BCUT2D eigenvalue weighted by Crippen LogP contribution is 2.26. The molecule has 0 bridgehead atoms. The minimum Gasteiger partial charge on any atom is -0.320 e. The summed E-state index contributed by atoms with van der Waals surface area (Å²) in [4.78, 5) is 0. The third kappa shape index (κ3) is 2.42. The van der Waals surface area contributed by atoms with Gasteiger partial charge >= 0.3 is 0 Å². The van der Waals surface area contributed by atoms with E-state index in [-0.39, 0.29) is 5.56 Å². The Bertz CT molecular complexity index is 586. The minimum absolute atomic E-state index is 0.0769. The predicted octanol–water partition coefficient (Wildman–Crippen LogP) is 3.91. The molecule has 5 heteroatoms. The van der Waals surface area contributed by atoms with Crippen LogP contribution in [-0.4, -0.2) is 0 Å². The molecule has 1 atom stereocenters. The van der Waals surface area contributed by atoms with Crippen LogP contribution in [0.25, 0.3) is 0 Å². The topological polar surface area (TPSA) is 26.0 Å². The molecule has 0 saturated carbocycles. The number of benzene rings is 2. The first-order chi connectivity index (χ1) is 8.50. The van der Waals surface area contributed by atoms with E-state index >= 15 is 0 Å². The Labute approximate surface area is 111 Å². The minimum atomic E-state index is -1.50. The van der Waals surface area contributed by atoms with Crippen LogP contribution in [0, 0.1) is 17.5 Å². The number of rotatable bonds is 2. The van der Waals surface area contributed by atoms with Crippen LogP contribution in [0.4, 0.5) is 13.2 Å². The summed E-state index contributed by atoms with van der Waals surface area (Å²) < 4.78 is 40.3. The molecule has 18 heavy (non-hydrogen) atoms. The van der Waals surface area contributed by atoms with Crippen LogP contribution in [0.1, 0.15) is 17.2 Å².